The monoisotopic (exact) mass is 398 g/mol. The lowest BCUT2D eigenvalue weighted by molar-refractivity contribution is 0.0697. The first kappa shape index (κ1) is 17.3. The van der Waals surface area contributed by atoms with Gasteiger partial charge in [0.15, 0.2) is 0 Å². The molecule has 0 aliphatic rings. The summed E-state index contributed by atoms with van der Waals surface area (Å²) in [6, 6.07) is 12.6. The molecule has 0 atom stereocenters. The Bertz CT molecular complexity index is 1140. The summed E-state index contributed by atoms with van der Waals surface area (Å²) in [5.74, 6) is -1.05. The summed E-state index contributed by atoms with van der Waals surface area (Å²) in [6.45, 7) is 0. The van der Waals surface area contributed by atoms with Crippen LogP contribution in [0.5, 0.6) is 0 Å². The fraction of sp³-hybridized carbons (Fsp3) is 0. The van der Waals surface area contributed by atoms with Gasteiger partial charge in [0.1, 0.15) is 0 Å². The molecule has 0 radical (unpaired) electrons. The van der Waals surface area contributed by atoms with Crippen LogP contribution in [-0.4, -0.2) is 30.6 Å². The van der Waals surface area contributed by atoms with Gasteiger partial charge >= 0.3 is 5.97 Å². The Balaban J connectivity index is 1.90. The molecule has 8 heteroatoms. The lowest BCUT2D eigenvalue weighted by Gasteiger charge is -2.13. The van der Waals surface area contributed by atoms with E-state index < -0.39 is 5.97 Å². The van der Waals surface area contributed by atoms with Crippen LogP contribution in [0.4, 0.5) is 0 Å². The number of carboxylic acid groups (broad SMARTS) is 1. The fourth-order valence-electron chi connectivity index (χ4n) is 2.77. The van der Waals surface area contributed by atoms with Gasteiger partial charge in [0, 0.05) is 39.8 Å². The van der Waals surface area contributed by atoms with E-state index in [0.29, 0.717) is 15.7 Å². The third kappa shape index (κ3) is 3.32. The standard InChI is InChI=1S/C19H12Cl2N4O2/c20-13-2-5-18(25-11-12(10-23-25)19(26)27)16(8-13)15-9-14(3-4-17(15)21)24-7-1-6-22-24/h1-11H,(H,26,27). The summed E-state index contributed by atoms with van der Waals surface area (Å²) in [7, 11) is 0. The van der Waals surface area contributed by atoms with E-state index in [1.165, 1.54) is 17.1 Å². The molecule has 134 valence electrons. The smallest absolute Gasteiger partial charge is 0.338 e. The Morgan fingerprint density at radius 3 is 2.56 bits per heavy atom. The summed E-state index contributed by atoms with van der Waals surface area (Å²) in [5, 5.41) is 18.6. The molecule has 0 spiro atoms. The molecule has 2 aromatic heterocycles. The lowest BCUT2D eigenvalue weighted by Crippen LogP contribution is -2.00. The number of nitrogens with zero attached hydrogens (tertiary/aromatic N) is 4. The second-order valence-corrected chi connectivity index (χ2v) is 6.60. The fourth-order valence-corrected chi connectivity index (χ4v) is 3.16. The van der Waals surface area contributed by atoms with Crippen molar-refractivity contribution in [3.05, 3.63) is 82.9 Å². The minimum absolute atomic E-state index is 0.0901. The number of aromatic carboxylic acids is 1. The number of benzene rings is 2. The van der Waals surface area contributed by atoms with Gasteiger partial charge in [-0.25, -0.2) is 14.2 Å². The highest BCUT2D eigenvalue weighted by Crippen LogP contribution is 2.35. The van der Waals surface area contributed by atoms with E-state index in [4.69, 9.17) is 28.3 Å². The molecule has 2 aromatic carbocycles. The van der Waals surface area contributed by atoms with Crippen LogP contribution in [0.1, 0.15) is 10.4 Å². The molecule has 1 N–H and O–H groups in total. The van der Waals surface area contributed by atoms with Crippen LogP contribution in [0, 0.1) is 0 Å². The number of rotatable bonds is 4. The minimum Gasteiger partial charge on any atom is -0.478 e. The summed E-state index contributed by atoms with van der Waals surface area (Å²) < 4.78 is 3.21. The maximum atomic E-state index is 11.2. The third-order valence-electron chi connectivity index (χ3n) is 4.04. The quantitative estimate of drug-likeness (QED) is 0.539. The second kappa shape index (κ2) is 6.90. The van der Waals surface area contributed by atoms with E-state index in [2.05, 4.69) is 10.2 Å². The van der Waals surface area contributed by atoms with E-state index in [1.54, 1.807) is 35.1 Å². The van der Waals surface area contributed by atoms with E-state index >= 15 is 0 Å². The van der Waals surface area contributed by atoms with Crippen molar-refractivity contribution in [3.63, 3.8) is 0 Å². The molecule has 0 amide bonds. The average molecular weight is 399 g/mol. The highest BCUT2D eigenvalue weighted by molar-refractivity contribution is 6.34. The van der Waals surface area contributed by atoms with Crippen LogP contribution in [-0.2, 0) is 0 Å². The van der Waals surface area contributed by atoms with Crippen LogP contribution in [0.15, 0.2) is 67.3 Å². The number of hydrogen-bond acceptors (Lipinski definition) is 3. The van der Waals surface area contributed by atoms with Crippen LogP contribution >= 0.6 is 23.2 Å². The van der Waals surface area contributed by atoms with Gasteiger partial charge in [0.25, 0.3) is 0 Å². The first-order valence-corrected chi connectivity index (χ1v) is 8.66. The minimum atomic E-state index is -1.05. The lowest BCUT2D eigenvalue weighted by atomic mass is 10.0. The predicted molar refractivity (Wildman–Crippen MR) is 103 cm³/mol. The first-order valence-electron chi connectivity index (χ1n) is 7.91. The zero-order valence-electron chi connectivity index (χ0n) is 13.8. The second-order valence-electron chi connectivity index (χ2n) is 5.75. The topological polar surface area (TPSA) is 72.9 Å². The summed E-state index contributed by atoms with van der Waals surface area (Å²) in [5.41, 5.74) is 3.03. The Hall–Kier alpha value is -3.09. The van der Waals surface area contributed by atoms with Gasteiger partial charge in [-0.2, -0.15) is 10.2 Å². The van der Waals surface area contributed by atoms with Crippen molar-refractivity contribution < 1.29 is 9.90 Å². The zero-order chi connectivity index (χ0) is 19.0. The first-order chi connectivity index (χ1) is 13.0. The average Bonchev–Trinajstić information content (AvgIpc) is 3.34. The van der Waals surface area contributed by atoms with Gasteiger partial charge < -0.3 is 5.11 Å². The summed E-state index contributed by atoms with van der Waals surface area (Å²) >= 11 is 12.7. The van der Waals surface area contributed by atoms with Crippen LogP contribution < -0.4 is 0 Å². The van der Waals surface area contributed by atoms with Crippen LogP contribution in [0.3, 0.4) is 0 Å². The van der Waals surface area contributed by atoms with Crippen LogP contribution in [0.25, 0.3) is 22.5 Å². The number of hydrogen-bond donors (Lipinski definition) is 1. The predicted octanol–water partition coefficient (Wildman–Crippen LogP) is 4.73. The van der Waals surface area contributed by atoms with Crippen molar-refractivity contribution in [1.82, 2.24) is 19.6 Å². The SMILES string of the molecule is O=C(O)c1cnn(-c2ccc(Cl)cc2-c2cc(-n3cccn3)ccc2Cl)c1. The van der Waals surface area contributed by atoms with Crippen molar-refractivity contribution in [1.29, 1.82) is 0 Å². The van der Waals surface area contributed by atoms with Crippen LogP contribution in [0.2, 0.25) is 10.0 Å². The number of carbonyl (C=O) groups is 1. The van der Waals surface area contributed by atoms with Gasteiger partial charge in [-0.15, -0.1) is 0 Å². The number of aromatic nitrogens is 4. The molecule has 6 nitrogen and oxygen atoms in total. The van der Waals surface area contributed by atoms with E-state index in [0.717, 1.165) is 16.8 Å². The van der Waals surface area contributed by atoms with Crippen molar-refractivity contribution in [2.45, 2.75) is 0 Å². The van der Waals surface area contributed by atoms with Gasteiger partial charge in [-0.1, -0.05) is 23.2 Å². The number of halogens is 2. The van der Waals surface area contributed by atoms with Gasteiger partial charge in [-0.3, -0.25) is 0 Å². The van der Waals surface area contributed by atoms with Gasteiger partial charge in [0.05, 0.1) is 23.1 Å². The summed E-state index contributed by atoms with van der Waals surface area (Å²) in [4.78, 5) is 11.2. The third-order valence-corrected chi connectivity index (χ3v) is 4.61. The highest BCUT2D eigenvalue weighted by Gasteiger charge is 2.15. The summed E-state index contributed by atoms with van der Waals surface area (Å²) in [6.07, 6.45) is 6.26. The van der Waals surface area contributed by atoms with Crippen molar-refractivity contribution >= 4 is 29.2 Å². The molecule has 0 fully saturated rings. The molecule has 0 aliphatic heterocycles. The normalized spacial score (nSPS) is 10.9. The van der Waals surface area contributed by atoms with E-state index in [9.17, 15) is 4.79 Å². The molecular weight excluding hydrogens is 387 g/mol. The molecule has 0 unspecified atom stereocenters. The van der Waals surface area contributed by atoms with Gasteiger partial charge in [0.2, 0.25) is 0 Å². The Labute approximate surface area is 164 Å². The highest BCUT2D eigenvalue weighted by atomic mass is 35.5. The van der Waals surface area contributed by atoms with E-state index in [-0.39, 0.29) is 5.56 Å². The molecule has 27 heavy (non-hydrogen) atoms. The molecular formula is C19H12Cl2N4O2. The van der Waals surface area contributed by atoms with Crippen molar-refractivity contribution in [2.75, 3.05) is 0 Å². The molecule has 0 saturated heterocycles. The molecule has 0 bridgehead atoms. The van der Waals surface area contributed by atoms with Gasteiger partial charge in [-0.05, 0) is 42.5 Å². The Morgan fingerprint density at radius 1 is 1.00 bits per heavy atom. The molecule has 0 aliphatic carbocycles. The zero-order valence-corrected chi connectivity index (χ0v) is 15.3. The maximum Gasteiger partial charge on any atom is 0.338 e. The number of carboxylic acids is 1. The molecule has 4 aromatic rings. The largest absolute Gasteiger partial charge is 0.478 e. The Morgan fingerprint density at radius 2 is 1.85 bits per heavy atom. The Kier molecular flexibility index (Phi) is 4.43. The van der Waals surface area contributed by atoms with E-state index in [1.807, 2.05) is 24.4 Å². The molecule has 0 saturated carbocycles. The van der Waals surface area contributed by atoms with Crippen molar-refractivity contribution in [3.8, 4) is 22.5 Å². The molecule has 4 rings (SSSR count). The van der Waals surface area contributed by atoms with Crippen molar-refractivity contribution in [2.24, 2.45) is 0 Å². The maximum absolute atomic E-state index is 11.2. The molecule has 2 heterocycles.